The maximum Gasteiger partial charge on any atom is 0.118 e. The Morgan fingerprint density at radius 2 is 1.61 bits per heavy atom. The fourth-order valence-corrected chi connectivity index (χ4v) is 1.80. The van der Waals surface area contributed by atoms with E-state index in [-0.39, 0.29) is 5.75 Å². The molecule has 2 aromatic carbocycles. The molecule has 1 atom stereocenters. The van der Waals surface area contributed by atoms with Crippen LogP contribution < -0.4 is 4.74 Å². The van der Waals surface area contributed by atoms with Crippen LogP contribution in [0.2, 0.25) is 0 Å². The normalized spacial score (nSPS) is 12.1. The summed E-state index contributed by atoms with van der Waals surface area (Å²) in [6.07, 6.45) is -0.0347. The van der Waals surface area contributed by atoms with Gasteiger partial charge in [-0.25, -0.2) is 0 Å². The van der Waals surface area contributed by atoms with E-state index in [1.165, 1.54) is 0 Å². The van der Waals surface area contributed by atoms with Crippen LogP contribution in [0.25, 0.3) is 0 Å². The van der Waals surface area contributed by atoms with E-state index in [2.05, 4.69) is 0 Å². The molecule has 94 valence electrons. The van der Waals surface area contributed by atoms with Crippen molar-refractivity contribution in [2.75, 3.05) is 7.11 Å². The average molecular weight is 244 g/mol. The first kappa shape index (κ1) is 12.5. The minimum Gasteiger partial charge on any atom is -0.508 e. The van der Waals surface area contributed by atoms with Crippen molar-refractivity contribution < 1.29 is 14.9 Å². The van der Waals surface area contributed by atoms with Crippen molar-refractivity contribution >= 4 is 0 Å². The van der Waals surface area contributed by atoms with E-state index in [1.54, 1.807) is 19.2 Å². The Morgan fingerprint density at radius 3 is 2.17 bits per heavy atom. The summed E-state index contributed by atoms with van der Waals surface area (Å²) in [6.45, 7) is 0. The summed E-state index contributed by atoms with van der Waals surface area (Å²) in [5, 5.41) is 19.3. The first-order valence-corrected chi connectivity index (χ1v) is 5.79. The topological polar surface area (TPSA) is 49.7 Å². The molecule has 0 bridgehead atoms. The summed E-state index contributed by atoms with van der Waals surface area (Å²) in [7, 11) is 1.61. The van der Waals surface area contributed by atoms with Crippen molar-refractivity contribution in [1.29, 1.82) is 0 Å². The number of rotatable bonds is 4. The molecule has 2 rings (SSSR count). The Labute approximate surface area is 106 Å². The molecule has 0 aromatic heterocycles. The molecular formula is C15H16O3. The Bertz CT molecular complexity index is 488. The SMILES string of the molecule is COc1ccc(C(O)Cc2ccc(O)cc2)cc1. The van der Waals surface area contributed by atoms with Crippen LogP contribution in [-0.4, -0.2) is 17.3 Å². The number of aliphatic hydroxyl groups is 1. The maximum atomic E-state index is 10.1. The van der Waals surface area contributed by atoms with Gasteiger partial charge in [0.25, 0.3) is 0 Å². The smallest absolute Gasteiger partial charge is 0.118 e. The quantitative estimate of drug-likeness (QED) is 0.869. The van der Waals surface area contributed by atoms with Gasteiger partial charge < -0.3 is 14.9 Å². The predicted molar refractivity (Wildman–Crippen MR) is 69.8 cm³/mol. The van der Waals surface area contributed by atoms with Crippen LogP contribution in [0.1, 0.15) is 17.2 Å². The molecular weight excluding hydrogens is 228 g/mol. The van der Waals surface area contributed by atoms with Crippen molar-refractivity contribution in [1.82, 2.24) is 0 Å². The molecule has 0 aliphatic heterocycles. The summed E-state index contributed by atoms with van der Waals surface area (Å²) in [6, 6.07) is 14.2. The molecule has 0 fully saturated rings. The zero-order valence-corrected chi connectivity index (χ0v) is 10.2. The number of hydrogen-bond acceptors (Lipinski definition) is 3. The molecule has 0 heterocycles. The zero-order chi connectivity index (χ0) is 13.0. The minimum atomic E-state index is -0.555. The van der Waals surface area contributed by atoms with Gasteiger partial charge in [0, 0.05) is 6.42 Å². The highest BCUT2D eigenvalue weighted by atomic mass is 16.5. The first-order valence-electron chi connectivity index (χ1n) is 5.79. The van der Waals surface area contributed by atoms with Gasteiger partial charge >= 0.3 is 0 Å². The third-order valence-electron chi connectivity index (χ3n) is 2.87. The highest BCUT2D eigenvalue weighted by Gasteiger charge is 2.08. The molecule has 0 spiro atoms. The average Bonchev–Trinajstić information content (AvgIpc) is 2.41. The Morgan fingerprint density at radius 1 is 1.00 bits per heavy atom. The molecule has 2 aromatic rings. The van der Waals surface area contributed by atoms with E-state index in [0.717, 1.165) is 16.9 Å². The third-order valence-corrected chi connectivity index (χ3v) is 2.87. The van der Waals surface area contributed by atoms with Crippen molar-refractivity contribution in [3.8, 4) is 11.5 Å². The van der Waals surface area contributed by atoms with E-state index >= 15 is 0 Å². The lowest BCUT2D eigenvalue weighted by molar-refractivity contribution is 0.178. The van der Waals surface area contributed by atoms with E-state index in [4.69, 9.17) is 4.74 Å². The van der Waals surface area contributed by atoms with Gasteiger partial charge in [-0.05, 0) is 35.4 Å². The summed E-state index contributed by atoms with van der Waals surface area (Å²) in [4.78, 5) is 0. The zero-order valence-electron chi connectivity index (χ0n) is 10.2. The lowest BCUT2D eigenvalue weighted by Crippen LogP contribution is -2.01. The Hall–Kier alpha value is -2.00. The molecule has 0 aliphatic carbocycles. The number of hydrogen-bond donors (Lipinski definition) is 2. The van der Waals surface area contributed by atoms with E-state index < -0.39 is 6.10 Å². The van der Waals surface area contributed by atoms with Crippen LogP contribution in [0.3, 0.4) is 0 Å². The molecule has 18 heavy (non-hydrogen) atoms. The van der Waals surface area contributed by atoms with Crippen LogP contribution in [0.4, 0.5) is 0 Å². The summed E-state index contributed by atoms with van der Waals surface area (Å²) >= 11 is 0. The molecule has 0 radical (unpaired) electrons. The number of aliphatic hydroxyl groups excluding tert-OH is 1. The van der Waals surface area contributed by atoms with Crippen LogP contribution in [0.15, 0.2) is 48.5 Å². The number of phenols is 1. The number of methoxy groups -OCH3 is 1. The van der Waals surface area contributed by atoms with Crippen LogP contribution in [0, 0.1) is 0 Å². The lowest BCUT2D eigenvalue weighted by Gasteiger charge is -2.11. The maximum absolute atomic E-state index is 10.1. The van der Waals surface area contributed by atoms with Crippen LogP contribution in [-0.2, 0) is 6.42 Å². The molecule has 0 saturated carbocycles. The van der Waals surface area contributed by atoms with Crippen molar-refractivity contribution in [3.63, 3.8) is 0 Å². The van der Waals surface area contributed by atoms with Gasteiger partial charge in [0.2, 0.25) is 0 Å². The monoisotopic (exact) mass is 244 g/mol. The van der Waals surface area contributed by atoms with E-state index in [9.17, 15) is 10.2 Å². The van der Waals surface area contributed by atoms with Gasteiger partial charge in [0.1, 0.15) is 11.5 Å². The molecule has 1 unspecified atom stereocenters. The molecule has 3 heteroatoms. The van der Waals surface area contributed by atoms with Crippen molar-refractivity contribution in [2.24, 2.45) is 0 Å². The fraction of sp³-hybridized carbons (Fsp3) is 0.200. The summed E-state index contributed by atoms with van der Waals surface area (Å²) < 4.78 is 5.07. The van der Waals surface area contributed by atoms with E-state index in [0.29, 0.717) is 6.42 Å². The van der Waals surface area contributed by atoms with Crippen LogP contribution >= 0.6 is 0 Å². The van der Waals surface area contributed by atoms with Gasteiger partial charge in [-0.1, -0.05) is 24.3 Å². The second-order valence-electron chi connectivity index (χ2n) is 4.16. The molecule has 0 amide bonds. The molecule has 0 aliphatic rings. The van der Waals surface area contributed by atoms with E-state index in [1.807, 2.05) is 36.4 Å². The highest BCUT2D eigenvalue weighted by molar-refractivity contribution is 5.31. The van der Waals surface area contributed by atoms with Gasteiger partial charge in [-0.15, -0.1) is 0 Å². The molecule has 2 N–H and O–H groups in total. The lowest BCUT2D eigenvalue weighted by atomic mass is 10.0. The molecule has 0 saturated heterocycles. The van der Waals surface area contributed by atoms with Crippen molar-refractivity contribution in [3.05, 3.63) is 59.7 Å². The standard InChI is InChI=1S/C15H16O3/c1-18-14-8-4-12(5-9-14)15(17)10-11-2-6-13(16)7-3-11/h2-9,15-17H,10H2,1H3. The number of benzene rings is 2. The second kappa shape index (κ2) is 5.56. The second-order valence-corrected chi connectivity index (χ2v) is 4.16. The molecule has 3 nitrogen and oxygen atoms in total. The predicted octanol–water partition coefficient (Wildman–Crippen LogP) is 2.68. The summed E-state index contributed by atoms with van der Waals surface area (Å²) in [5.41, 5.74) is 1.83. The highest BCUT2D eigenvalue weighted by Crippen LogP contribution is 2.21. The van der Waals surface area contributed by atoms with Gasteiger partial charge in [0.15, 0.2) is 0 Å². The Kier molecular flexibility index (Phi) is 3.85. The van der Waals surface area contributed by atoms with Gasteiger partial charge in [0.05, 0.1) is 13.2 Å². The van der Waals surface area contributed by atoms with Gasteiger partial charge in [-0.2, -0.15) is 0 Å². The van der Waals surface area contributed by atoms with Gasteiger partial charge in [-0.3, -0.25) is 0 Å². The minimum absolute atomic E-state index is 0.234. The third kappa shape index (κ3) is 3.02. The number of phenolic OH excluding ortho intramolecular Hbond substituents is 1. The summed E-state index contributed by atoms with van der Waals surface area (Å²) in [5.74, 6) is 1.01. The largest absolute Gasteiger partial charge is 0.508 e. The Balaban J connectivity index is 2.06. The first-order chi connectivity index (χ1) is 8.69. The number of aromatic hydroxyl groups is 1. The number of ether oxygens (including phenoxy) is 1. The fourth-order valence-electron chi connectivity index (χ4n) is 1.80. The van der Waals surface area contributed by atoms with Crippen molar-refractivity contribution in [2.45, 2.75) is 12.5 Å². The van der Waals surface area contributed by atoms with Crippen LogP contribution in [0.5, 0.6) is 11.5 Å².